The number of thioether (sulfide) groups is 1. The van der Waals surface area contributed by atoms with Crippen LogP contribution in [-0.2, 0) is 0 Å². The van der Waals surface area contributed by atoms with Crippen molar-refractivity contribution in [1.82, 2.24) is 5.32 Å². The van der Waals surface area contributed by atoms with Crippen molar-refractivity contribution in [2.75, 3.05) is 18.1 Å². The van der Waals surface area contributed by atoms with Crippen LogP contribution >= 0.6 is 11.8 Å². The fourth-order valence-corrected chi connectivity index (χ4v) is 3.28. The average Bonchev–Trinajstić information content (AvgIpc) is 2.31. The molecule has 0 aromatic heterocycles. The molecule has 1 fully saturated rings. The quantitative estimate of drug-likeness (QED) is 0.714. The van der Waals surface area contributed by atoms with Crippen LogP contribution in [0.4, 0.5) is 0 Å². The highest BCUT2D eigenvalue weighted by atomic mass is 32.2. The molecule has 1 N–H and O–H groups in total. The smallest absolute Gasteiger partial charge is 0.0158 e. The summed E-state index contributed by atoms with van der Waals surface area (Å²) in [4.78, 5) is 0. The molecular formula is C13H27NS. The van der Waals surface area contributed by atoms with Crippen molar-refractivity contribution in [3.8, 4) is 0 Å². The molecule has 1 aliphatic heterocycles. The van der Waals surface area contributed by atoms with E-state index in [0.29, 0.717) is 0 Å². The highest BCUT2D eigenvalue weighted by molar-refractivity contribution is 7.99. The van der Waals surface area contributed by atoms with Gasteiger partial charge in [0.2, 0.25) is 0 Å². The largest absolute Gasteiger partial charge is 0.313 e. The third-order valence-electron chi connectivity index (χ3n) is 3.40. The van der Waals surface area contributed by atoms with E-state index in [4.69, 9.17) is 0 Å². The van der Waals surface area contributed by atoms with Crippen molar-refractivity contribution in [1.29, 1.82) is 0 Å². The van der Waals surface area contributed by atoms with Crippen LogP contribution in [-0.4, -0.2) is 24.1 Å². The van der Waals surface area contributed by atoms with Gasteiger partial charge in [0.25, 0.3) is 0 Å². The zero-order chi connectivity index (χ0) is 10.9. The minimum Gasteiger partial charge on any atom is -0.313 e. The molecule has 0 aliphatic carbocycles. The lowest BCUT2D eigenvalue weighted by Crippen LogP contribution is -2.36. The maximum atomic E-state index is 3.76. The highest BCUT2D eigenvalue weighted by Gasteiger charge is 2.14. The Kier molecular flexibility index (Phi) is 7.54. The topological polar surface area (TPSA) is 12.0 Å². The van der Waals surface area contributed by atoms with E-state index < -0.39 is 0 Å². The van der Waals surface area contributed by atoms with Gasteiger partial charge < -0.3 is 5.32 Å². The summed E-state index contributed by atoms with van der Waals surface area (Å²) < 4.78 is 0. The Bertz CT molecular complexity index is 143. The van der Waals surface area contributed by atoms with Crippen LogP contribution in [0, 0.1) is 5.92 Å². The molecule has 1 saturated heterocycles. The summed E-state index contributed by atoms with van der Waals surface area (Å²) in [5, 5.41) is 3.76. The van der Waals surface area contributed by atoms with Gasteiger partial charge in [0.1, 0.15) is 0 Å². The van der Waals surface area contributed by atoms with Gasteiger partial charge >= 0.3 is 0 Å². The minimum absolute atomic E-state index is 0.805. The lowest BCUT2D eigenvalue weighted by Gasteiger charge is -2.25. The van der Waals surface area contributed by atoms with Crippen molar-refractivity contribution in [2.24, 2.45) is 5.92 Å². The predicted octanol–water partition coefficient (Wildman–Crippen LogP) is 3.69. The summed E-state index contributed by atoms with van der Waals surface area (Å²) in [6.07, 6.45) is 8.31. The number of rotatable bonds is 7. The molecule has 1 aliphatic rings. The minimum atomic E-state index is 0.805. The molecule has 2 atom stereocenters. The molecular weight excluding hydrogens is 202 g/mol. The van der Waals surface area contributed by atoms with Crippen LogP contribution in [0.3, 0.4) is 0 Å². The van der Waals surface area contributed by atoms with Crippen LogP contribution in [0.25, 0.3) is 0 Å². The maximum Gasteiger partial charge on any atom is 0.0158 e. The summed E-state index contributed by atoms with van der Waals surface area (Å²) in [5.41, 5.74) is 0. The van der Waals surface area contributed by atoms with Crippen LogP contribution in [0.2, 0.25) is 0 Å². The Balaban J connectivity index is 2.09. The van der Waals surface area contributed by atoms with E-state index in [1.165, 1.54) is 56.6 Å². The first-order valence-electron chi connectivity index (χ1n) is 6.68. The van der Waals surface area contributed by atoms with Gasteiger partial charge in [-0.05, 0) is 37.5 Å². The Morgan fingerprint density at radius 1 is 1.40 bits per heavy atom. The maximum absolute atomic E-state index is 3.76. The molecule has 1 heterocycles. The molecule has 2 unspecified atom stereocenters. The predicted molar refractivity (Wildman–Crippen MR) is 71.7 cm³/mol. The number of hydrogen-bond acceptors (Lipinski definition) is 2. The Morgan fingerprint density at radius 2 is 2.27 bits per heavy atom. The van der Waals surface area contributed by atoms with Crippen molar-refractivity contribution >= 4 is 11.8 Å². The van der Waals surface area contributed by atoms with Gasteiger partial charge in [-0.2, -0.15) is 11.8 Å². The van der Waals surface area contributed by atoms with E-state index in [2.05, 4.69) is 30.9 Å². The van der Waals surface area contributed by atoms with Gasteiger partial charge in [-0.25, -0.2) is 0 Å². The lowest BCUT2D eigenvalue weighted by atomic mass is 9.99. The zero-order valence-corrected chi connectivity index (χ0v) is 11.2. The van der Waals surface area contributed by atoms with Crippen molar-refractivity contribution < 1.29 is 0 Å². The first-order chi connectivity index (χ1) is 7.36. The van der Waals surface area contributed by atoms with E-state index in [1.807, 2.05) is 0 Å². The van der Waals surface area contributed by atoms with Crippen LogP contribution in [0.15, 0.2) is 0 Å². The molecule has 1 rings (SSSR count). The molecule has 0 radical (unpaired) electrons. The second-order valence-corrected chi connectivity index (χ2v) is 5.89. The monoisotopic (exact) mass is 229 g/mol. The highest BCUT2D eigenvalue weighted by Crippen LogP contribution is 2.18. The zero-order valence-electron chi connectivity index (χ0n) is 10.4. The summed E-state index contributed by atoms with van der Waals surface area (Å²) in [7, 11) is 0. The number of hydrogen-bond donors (Lipinski definition) is 1. The first kappa shape index (κ1) is 13.4. The normalized spacial score (nSPS) is 24.0. The van der Waals surface area contributed by atoms with Crippen molar-refractivity contribution in [3.05, 3.63) is 0 Å². The third-order valence-corrected chi connectivity index (χ3v) is 4.61. The van der Waals surface area contributed by atoms with E-state index in [1.54, 1.807) is 0 Å². The Labute approximate surface area is 99.8 Å². The molecule has 2 heteroatoms. The van der Waals surface area contributed by atoms with Gasteiger partial charge in [0, 0.05) is 11.8 Å². The van der Waals surface area contributed by atoms with E-state index in [0.717, 1.165) is 12.0 Å². The van der Waals surface area contributed by atoms with E-state index >= 15 is 0 Å². The molecule has 0 spiro atoms. The standard InChI is InChI=1S/C13H27NS/c1-3-5-7-12(4-2)10-14-13-8-6-9-15-11-13/h12-14H,3-11H2,1-2H3. The summed E-state index contributed by atoms with van der Waals surface area (Å²) in [5.74, 6) is 3.63. The lowest BCUT2D eigenvalue weighted by molar-refractivity contribution is 0.387. The van der Waals surface area contributed by atoms with Crippen LogP contribution < -0.4 is 5.32 Å². The second-order valence-electron chi connectivity index (χ2n) is 4.74. The number of nitrogens with one attached hydrogen (secondary N) is 1. The van der Waals surface area contributed by atoms with E-state index in [9.17, 15) is 0 Å². The molecule has 1 nitrogen and oxygen atoms in total. The van der Waals surface area contributed by atoms with Gasteiger partial charge in [0.05, 0.1) is 0 Å². The second kappa shape index (κ2) is 8.46. The van der Waals surface area contributed by atoms with Crippen LogP contribution in [0.5, 0.6) is 0 Å². The Morgan fingerprint density at radius 3 is 2.87 bits per heavy atom. The summed E-state index contributed by atoms with van der Waals surface area (Å²) >= 11 is 2.12. The van der Waals surface area contributed by atoms with Gasteiger partial charge in [-0.1, -0.05) is 33.1 Å². The molecule has 0 aromatic rings. The SMILES string of the molecule is CCCCC(CC)CNC1CCCSC1. The van der Waals surface area contributed by atoms with E-state index in [-0.39, 0.29) is 0 Å². The van der Waals surface area contributed by atoms with Crippen molar-refractivity contribution in [2.45, 2.75) is 58.4 Å². The molecule has 0 saturated carbocycles. The third kappa shape index (κ3) is 5.82. The molecule has 15 heavy (non-hydrogen) atoms. The molecule has 0 aromatic carbocycles. The fraction of sp³-hybridized carbons (Fsp3) is 1.00. The van der Waals surface area contributed by atoms with Crippen molar-refractivity contribution in [3.63, 3.8) is 0 Å². The molecule has 90 valence electrons. The Hall–Kier alpha value is 0.310. The summed E-state index contributed by atoms with van der Waals surface area (Å²) in [6.45, 7) is 5.87. The van der Waals surface area contributed by atoms with Crippen LogP contribution in [0.1, 0.15) is 52.4 Å². The fourth-order valence-electron chi connectivity index (χ4n) is 2.18. The van der Waals surface area contributed by atoms with Gasteiger partial charge in [0.15, 0.2) is 0 Å². The first-order valence-corrected chi connectivity index (χ1v) is 7.83. The molecule has 0 amide bonds. The number of unbranched alkanes of at least 4 members (excludes halogenated alkanes) is 1. The molecule has 0 bridgehead atoms. The summed E-state index contributed by atoms with van der Waals surface area (Å²) in [6, 6.07) is 0.805. The van der Waals surface area contributed by atoms with Gasteiger partial charge in [-0.15, -0.1) is 0 Å². The average molecular weight is 229 g/mol. The van der Waals surface area contributed by atoms with Gasteiger partial charge in [-0.3, -0.25) is 0 Å².